The maximum absolute atomic E-state index is 13.0. The number of amides is 1. The number of halogens is 2. The molecule has 3 rings (SSSR count). The molecule has 1 fully saturated rings. The second-order valence-electron chi connectivity index (χ2n) is 5.67. The zero-order valence-corrected chi connectivity index (χ0v) is 14.2. The number of aromatic nitrogens is 2. The second kappa shape index (κ2) is 8.21. The summed E-state index contributed by atoms with van der Waals surface area (Å²) in [4.78, 5) is 18.2. The minimum absolute atomic E-state index is 0. The van der Waals surface area contributed by atoms with Gasteiger partial charge < -0.3 is 14.7 Å². The summed E-state index contributed by atoms with van der Waals surface area (Å²) in [6, 6.07) is 5.97. The Hall–Kier alpha value is -1.99. The number of carbonyl (C=O) groups is 1. The summed E-state index contributed by atoms with van der Waals surface area (Å²) < 4.78 is 18.3. The standard InChI is InChI=1S/C16H19FN4O2.ClH/c1-18-9-14(22)21-8-2-3-12(10-21)16-19-15(20-23-16)11-4-6-13(17)7-5-11;/h4-7,12,18H,2-3,8-10H2,1H3;1H. The highest BCUT2D eigenvalue weighted by molar-refractivity contribution is 5.85. The summed E-state index contributed by atoms with van der Waals surface area (Å²) in [5, 5.41) is 6.85. The van der Waals surface area contributed by atoms with Crippen molar-refractivity contribution in [1.29, 1.82) is 0 Å². The fraction of sp³-hybridized carbons (Fsp3) is 0.438. The Morgan fingerprint density at radius 1 is 1.42 bits per heavy atom. The Labute approximate surface area is 145 Å². The van der Waals surface area contributed by atoms with Crippen molar-refractivity contribution in [2.24, 2.45) is 0 Å². The van der Waals surface area contributed by atoms with Gasteiger partial charge >= 0.3 is 0 Å². The quantitative estimate of drug-likeness (QED) is 0.911. The summed E-state index contributed by atoms with van der Waals surface area (Å²) in [7, 11) is 1.76. The predicted molar refractivity (Wildman–Crippen MR) is 89.4 cm³/mol. The lowest BCUT2D eigenvalue weighted by Crippen LogP contribution is -2.42. The van der Waals surface area contributed by atoms with E-state index in [0.717, 1.165) is 19.4 Å². The molecular formula is C16H20ClFN4O2. The summed E-state index contributed by atoms with van der Waals surface area (Å²) in [5.74, 6) is 0.801. The molecule has 130 valence electrons. The van der Waals surface area contributed by atoms with E-state index in [0.29, 0.717) is 30.4 Å². The third-order valence-corrected chi connectivity index (χ3v) is 4.00. The topological polar surface area (TPSA) is 71.3 Å². The normalized spacial score (nSPS) is 17.4. The lowest BCUT2D eigenvalue weighted by molar-refractivity contribution is -0.131. The fourth-order valence-electron chi connectivity index (χ4n) is 2.79. The molecule has 8 heteroatoms. The first kappa shape index (κ1) is 18.4. The van der Waals surface area contributed by atoms with Gasteiger partial charge in [0.05, 0.1) is 12.5 Å². The van der Waals surface area contributed by atoms with Crippen LogP contribution in [0.1, 0.15) is 24.7 Å². The van der Waals surface area contributed by atoms with Crippen LogP contribution in [0.2, 0.25) is 0 Å². The number of likely N-dealkylation sites (tertiary alicyclic amines) is 1. The molecule has 1 saturated heterocycles. The average molecular weight is 355 g/mol. The first-order valence-corrected chi connectivity index (χ1v) is 7.69. The maximum atomic E-state index is 13.0. The van der Waals surface area contributed by atoms with Crippen LogP contribution in [0, 0.1) is 5.82 Å². The van der Waals surface area contributed by atoms with E-state index in [2.05, 4.69) is 15.5 Å². The Kier molecular flexibility index (Phi) is 6.28. The van der Waals surface area contributed by atoms with Gasteiger partial charge in [0.25, 0.3) is 0 Å². The van der Waals surface area contributed by atoms with Crippen molar-refractivity contribution in [2.45, 2.75) is 18.8 Å². The van der Waals surface area contributed by atoms with Gasteiger partial charge in [0.15, 0.2) is 0 Å². The van der Waals surface area contributed by atoms with E-state index in [4.69, 9.17) is 4.52 Å². The van der Waals surface area contributed by atoms with Crippen LogP contribution in [0.3, 0.4) is 0 Å². The lowest BCUT2D eigenvalue weighted by atomic mass is 9.98. The van der Waals surface area contributed by atoms with E-state index >= 15 is 0 Å². The van der Waals surface area contributed by atoms with Crippen LogP contribution in [0.25, 0.3) is 11.4 Å². The van der Waals surface area contributed by atoms with Crippen molar-refractivity contribution < 1.29 is 13.7 Å². The second-order valence-corrected chi connectivity index (χ2v) is 5.67. The van der Waals surface area contributed by atoms with Gasteiger partial charge in [-0.15, -0.1) is 12.4 Å². The fourth-order valence-corrected chi connectivity index (χ4v) is 2.79. The first-order chi connectivity index (χ1) is 11.2. The highest BCUT2D eigenvalue weighted by Crippen LogP contribution is 2.27. The molecule has 1 amide bonds. The van der Waals surface area contributed by atoms with E-state index in [1.807, 2.05) is 4.90 Å². The first-order valence-electron chi connectivity index (χ1n) is 7.69. The van der Waals surface area contributed by atoms with Crippen molar-refractivity contribution in [2.75, 3.05) is 26.7 Å². The molecule has 2 aromatic rings. The molecule has 2 heterocycles. The SMILES string of the molecule is CNCC(=O)N1CCCC(c2nc(-c3ccc(F)cc3)no2)C1.Cl. The van der Waals surface area contributed by atoms with Crippen molar-refractivity contribution in [3.8, 4) is 11.4 Å². The largest absolute Gasteiger partial charge is 0.341 e. The van der Waals surface area contributed by atoms with Crippen LogP contribution in [0.4, 0.5) is 4.39 Å². The van der Waals surface area contributed by atoms with Gasteiger partial charge in [-0.2, -0.15) is 4.98 Å². The highest BCUT2D eigenvalue weighted by Gasteiger charge is 2.28. The minimum Gasteiger partial charge on any atom is -0.341 e. The maximum Gasteiger partial charge on any atom is 0.236 e. The molecule has 1 unspecified atom stereocenters. The molecule has 6 nitrogen and oxygen atoms in total. The average Bonchev–Trinajstić information content (AvgIpc) is 3.06. The number of hydrogen-bond donors (Lipinski definition) is 1. The Bertz CT molecular complexity index is 677. The number of likely N-dealkylation sites (N-methyl/N-ethyl adjacent to an activating group) is 1. The highest BCUT2D eigenvalue weighted by atomic mass is 35.5. The van der Waals surface area contributed by atoms with E-state index in [1.165, 1.54) is 12.1 Å². The van der Waals surface area contributed by atoms with Gasteiger partial charge in [-0.25, -0.2) is 4.39 Å². The molecular weight excluding hydrogens is 335 g/mol. The van der Waals surface area contributed by atoms with Crippen molar-refractivity contribution >= 4 is 18.3 Å². The molecule has 0 radical (unpaired) electrons. The molecule has 1 aromatic carbocycles. The zero-order chi connectivity index (χ0) is 16.2. The predicted octanol–water partition coefficient (Wildman–Crippen LogP) is 2.22. The zero-order valence-electron chi connectivity index (χ0n) is 13.4. The number of nitrogens with one attached hydrogen (secondary N) is 1. The van der Waals surface area contributed by atoms with Crippen molar-refractivity contribution in [1.82, 2.24) is 20.4 Å². The third-order valence-electron chi connectivity index (χ3n) is 4.00. The number of rotatable bonds is 4. The van der Waals surface area contributed by atoms with E-state index < -0.39 is 0 Å². The van der Waals surface area contributed by atoms with Gasteiger partial charge in [0, 0.05) is 18.7 Å². The molecule has 1 aromatic heterocycles. The molecule has 0 aliphatic carbocycles. The molecule has 24 heavy (non-hydrogen) atoms. The third kappa shape index (κ3) is 4.10. The van der Waals surface area contributed by atoms with E-state index in [-0.39, 0.29) is 30.0 Å². The van der Waals surface area contributed by atoms with Crippen molar-refractivity contribution in [3.05, 3.63) is 36.0 Å². The number of benzene rings is 1. The summed E-state index contributed by atoms with van der Waals surface area (Å²) >= 11 is 0. The summed E-state index contributed by atoms with van der Waals surface area (Å²) in [6.45, 7) is 1.68. The van der Waals surface area contributed by atoms with E-state index in [1.54, 1.807) is 19.2 Å². The molecule has 1 aliphatic rings. The Balaban J connectivity index is 0.00000208. The van der Waals surface area contributed by atoms with Crippen LogP contribution in [0.15, 0.2) is 28.8 Å². The molecule has 1 aliphatic heterocycles. The van der Waals surface area contributed by atoms with Gasteiger partial charge in [-0.05, 0) is 44.2 Å². The molecule has 1 N–H and O–H groups in total. The van der Waals surface area contributed by atoms with Gasteiger partial charge in [0.1, 0.15) is 5.82 Å². The number of piperidine rings is 1. The number of hydrogen-bond acceptors (Lipinski definition) is 5. The molecule has 0 bridgehead atoms. The lowest BCUT2D eigenvalue weighted by Gasteiger charge is -2.31. The summed E-state index contributed by atoms with van der Waals surface area (Å²) in [5.41, 5.74) is 0.709. The van der Waals surface area contributed by atoms with Crippen LogP contribution >= 0.6 is 12.4 Å². The minimum atomic E-state index is -0.302. The molecule has 1 atom stereocenters. The molecule has 0 saturated carbocycles. The Morgan fingerprint density at radius 2 is 2.17 bits per heavy atom. The number of carbonyl (C=O) groups excluding carboxylic acids is 1. The van der Waals surface area contributed by atoms with Crippen LogP contribution in [-0.2, 0) is 4.79 Å². The summed E-state index contributed by atoms with van der Waals surface area (Å²) in [6.07, 6.45) is 1.82. The van der Waals surface area contributed by atoms with Crippen LogP contribution < -0.4 is 5.32 Å². The van der Waals surface area contributed by atoms with E-state index in [9.17, 15) is 9.18 Å². The van der Waals surface area contributed by atoms with Crippen molar-refractivity contribution in [3.63, 3.8) is 0 Å². The smallest absolute Gasteiger partial charge is 0.236 e. The molecule has 0 spiro atoms. The monoisotopic (exact) mass is 354 g/mol. The van der Waals surface area contributed by atoms with Crippen LogP contribution in [0.5, 0.6) is 0 Å². The van der Waals surface area contributed by atoms with Gasteiger partial charge in [-0.1, -0.05) is 5.16 Å². The van der Waals surface area contributed by atoms with Gasteiger partial charge in [0.2, 0.25) is 17.6 Å². The number of nitrogens with zero attached hydrogens (tertiary/aromatic N) is 3. The van der Waals surface area contributed by atoms with Gasteiger partial charge in [-0.3, -0.25) is 4.79 Å². The Morgan fingerprint density at radius 3 is 2.88 bits per heavy atom. The van der Waals surface area contributed by atoms with Crippen LogP contribution in [-0.4, -0.2) is 47.6 Å².